The SMILES string of the molecule is CC(C)S(=O)(=O)c1cc(Cl)cc(CC(=O)O)c1. The highest BCUT2D eigenvalue weighted by molar-refractivity contribution is 7.92. The summed E-state index contributed by atoms with van der Waals surface area (Å²) in [4.78, 5) is 10.6. The van der Waals surface area contributed by atoms with E-state index < -0.39 is 21.1 Å². The zero-order valence-corrected chi connectivity index (χ0v) is 11.0. The lowest BCUT2D eigenvalue weighted by molar-refractivity contribution is -0.136. The number of rotatable bonds is 4. The molecule has 1 N–H and O–H groups in total. The van der Waals surface area contributed by atoms with E-state index >= 15 is 0 Å². The number of hydrogen-bond donors (Lipinski definition) is 1. The molecule has 17 heavy (non-hydrogen) atoms. The largest absolute Gasteiger partial charge is 0.481 e. The van der Waals surface area contributed by atoms with Crippen LogP contribution in [0.3, 0.4) is 0 Å². The first-order valence-corrected chi connectivity index (χ1v) is 6.91. The van der Waals surface area contributed by atoms with Gasteiger partial charge in [-0.3, -0.25) is 4.79 Å². The van der Waals surface area contributed by atoms with Crippen molar-refractivity contribution in [2.24, 2.45) is 0 Å². The van der Waals surface area contributed by atoms with E-state index in [0.29, 0.717) is 5.56 Å². The van der Waals surface area contributed by atoms with Crippen LogP contribution in [0, 0.1) is 0 Å². The molecule has 0 saturated carbocycles. The number of benzene rings is 1. The van der Waals surface area contributed by atoms with E-state index in [0.717, 1.165) is 0 Å². The fourth-order valence-electron chi connectivity index (χ4n) is 1.33. The van der Waals surface area contributed by atoms with Crippen LogP contribution < -0.4 is 0 Å². The molecule has 1 rings (SSSR count). The fourth-order valence-corrected chi connectivity index (χ4v) is 2.81. The molecule has 0 unspecified atom stereocenters. The van der Waals surface area contributed by atoms with Gasteiger partial charge >= 0.3 is 5.97 Å². The van der Waals surface area contributed by atoms with Gasteiger partial charge in [0.05, 0.1) is 16.6 Å². The van der Waals surface area contributed by atoms with E-state index in [1.807, 2.05) is 0 Å². The summed E-state index contributed by atoms with van der Waals surface area (Å²) in [6.45, 7) is 3.13. The van der Waals surface area contributed by atoms with Crippen molar-refractivity contribution in [3.05, 3.63) is 28.8 Å². The van der Waals surface area contributed by atoms with Gasteiger partial charge in [0.1, 0.15) is 0 Å². The lowest BCUT2D eigenvalue weighted by Crippen LogP contribution is -2.14. The average Bonchev–Trinajstić information content (AvgIpc) is 2.15. The maximum absolute atomic E-state index is 11.9. The summed E-state index contributed by atoms with van der Waals surface area (Å²) in [7, 11) is -3.44. The molecule has 0 fully saturated rings. The van der Waals surface area contributed by atoms with Gasteiger partial charge in [-0.1, -0.05) is 11.6 Å². The molecule has 0 aliphatic carbocycles. The molecular formula is C11H13ClO4S. The third-order valence-corrected chi connectivity index (χ3v) is 4.59. The molecule has 0 heterocycles. The van der Waals surface area contributed by atoms with Crippen LogP contribution in [0.5, 0.6) is 0 Å². The Morgan fingerprint density at radius 2 is 1.94 bits per heavy atom. The van der Waals surface area contributed by atoms with Crippen LogP contribution in [0.25, 0.3) is 0 Å². The molecule has 0 amide bonds. The predicted octanol–water partition coefficient (Wildman–Crippen LogP) is 2.15. The Kier molecular flexibility index (Phi) is 4.16. The van der Waals surface area contributed by atoms with Gasteiger partial charge in [-0.05, 0) is 37.6 Å². The molecule has 0 aliphatic heterocycles. The monoisotopic (exact) mass is 276 g/mol. The maximum Gasteiger partial charge on any atom is 0.307 e. The molecule has 1 aromatic rings. The van der Waals surface area contributed by atoms with E-state index in [1.54, 1.807) is 13.8 Å². The standard InChI is InChI=1S/C11H13ClO4S/c1-7(2)17(15,16)10-4-8(5-11(13)14)3-9(12)6-10/h3-4,6-7H,5H2,1-2H3,(H,13,14). The summed E-state index contributed by atoms with van der Waals surface area (Å²) in [5, 5.41) is 8.32. The van der Waals surface area contributed by atoms with Gasteiger partial charge in [0.15, 0.2) is 9.84 Å². The Balaban J connectivity index is 3.28. The van der Waals surface area contributed by atoms with Crippen molar-refractivity contribution >= 4 is 27.4 Å². The Labute approximate surface area is 105 Å². The van der Waals surface area contributed by atoms with Gasteiger partial charge in [-0.15, -0.1) is 0 Å². The Morgan fingerprint density at radius 3 is 2.41 bits per heavy atom. The van der Waals surface area contributed by atoms with Crippen molar-refractivity contribution in [1.29, 1.82) is 0 Å². The number of carboxylic acid groups (broad SMARTS) is 1. The Morgan fingerprint density at radius 1 is 1.35 bits per heavy atom. The molecule has 0 radical (unpaired) electrons. The molecule has 0 aromatic heterocycles. The molecule has 0 atom stereocenters. The number of halogens is 1. The molecular weight excluding hydrogens is 264 g/mol. The molecule has 6 heteroatoms. The maximum atomic E-state index is 11.9. The minimum atomic E-state index is -3.44. The highest BCUT2D eigenvalue weighted by Crippen LogP contribution is 2.22. The zero-order valence-electron chi connectivity index (χ0n) is 9.47. The third kappa shape index (κ3) is 3.44. The fraction of sp³-hybridized carbons (Fsp3) is 0.364. The summed E-state index contributed by atoms with van der Waals surface area (Å²) in [6, 6.07) is 4.15. The first-order valence-electron chi connectivity index (χ1n) is 4.98. The van der Waals surface area contributed by atoms with E-state index in [9.17, 15) is 13.2 Å². The number of carboxylic acids is 1. The topological polar surface area (TPSA) is 71.4 Å². The Bertz CT molecular complexity index is 534. The molecule has 1 aromatic carbocycles. The quantitative estimate of drug-likeness (QED) is 0.915. The van der Waals surface area contributed by atoms with Crippen LogP contribution in [-0.4, -0.2) is 24.7 Å². The number of hydrogen-bond acceptors (Lipinski definition) is 3. The van der Waals surface area contributed by atoms with Crippen LogP contribution in [0.2, 0.25) is 5.02 Å². The highest BCUT2D eigenvalue weighted by Gasteiger charge is 2.20. The van der Waals surface area contributed by atoms with Crippen molar-refractivity contribution < 1.29 is 18.3 Å². The second-order valence-electron chi connectivity index (χ2n) is 3.96. The van der Waals surface area contributed by atoms with Crippen molar-refractivity contribution in [3.63, 3.8) is 0 Å². The van der Waals surface area contributed by atoms with Gasteiger partial charge in [0.25, 0.3) is 0 Å². The second kappa shape index (κ2) is 5.06. The molecule has 94 valence electrons. The Hall–Kier alpha value is -1.07. The van der Waals surface area contributed by atoms with E-state index in [2.05, 4.69) is 0 Å². The van der Waals surface area contributed by atoms with Crippen LogP contribution in [0.15, 0.2) is 23.1 Å². The number of sulfone groups is 1. The van der Waals surface area contributed by atoms with Crippen molar-refractivity contribution in [2.75, 3.05) is 0 Å². The first-order chi connectivity index (χ1) is 7.73. The summed E-state index contributed by atoms with van der Waals surface area (Å²) < 4.78 is 23.8. The van der Waals surface area contributed by atoms with Gasteiger partial charge in [-0.2, -0.15) is 0 Å². The van der Waals surface area contributed by atoms with Gasteiger partial charge < -0.3 is 5.11 Å². The van der Waals surface area contributed by atoms with E-state index in [1.165, 1.54) is 18.2 Å². The normalized spacial score (nSPS) is 11.8. The smallest absolute Gasteiger partial charge is 0.307 e. The lowest BCUT2D eigenvalue weighted by Gasteiger charge is -2.09. The molecule has 0 spiro atoms. The summed E-state index contributed by atoms with van der Waals surface area (Å²) in [5.74, 6) is -1.03. The van der Waals surface area contributed by atoms with Gasteiger partial charge in [0, 0.05) is 5.02 Å². The second-order valence-corrected chi connectivity index (χ2v) is 6.90. The molecule has 0 saturated heterocycles. The van der Waals surface area contributed by atoms with Crippen LogP contribution >= 0.6 is 11.6 Å². The van der Waals surface area contributed by atoms with Crippen molar-refractivity contribution in [2.45, 2.75) is 30.4 Å². The van der Waals surface area contributed by atoms with Crippen LogP contribution in [0.4, 0.5) is 0 Å². The van der Waals surface area contributed by atoms with E-state index in [4.69, 9.17) is 16.7 Å². The molecule has 4 nitrogen and oxygen atoms in total. The number of carbonyl (C=O) groups is 1. The van der Waals surface area contributed by atoms with Crippen LogP contribution in [-0.2, 0) is 21.1 Å². The highest BCUT2D eigenvalue weighted by atomic mass is 35.5. The van der Waals surface area contributed by atoms with E-state index in [-0.39, 0.29) is 16.3 Å². The van der Waals surface area contributed by atoms with Crippen molar-refractivity contribution in [1.82, 2.24) is 0 Å². The number of aliphatic carboxylic acids is 1. The lowest BCUT2D eigenvalue weighted by atomic mass is 10.1. The molecule has 0 bridgehead atoms. The molecule has 0 aliphatic rings. The first kappa shape index (κ1) is 14.0. The summed E-state index contributed by atoms with van der Waals surface area (Å²) >= 11 is 5.79. The average molecular weight is 277 g/mol. The summed E-state index contributed by atoms with van der Waals surface area (Å²) in [6.07, 6.45) is -0.249. The van der Waals surface area contributed by atoms with Crippen molar-refractivity contribution in [3.8, 4) is 0 Å². The predicted molar refractivity (Wildman–Crippen MR) is 65.1 cm³/mol. The summed E-state index contributed by atoms with van der Waals surface area (Å²) in [5.41, 5.74) is 0.379. The minimum absolute atomic E-state index is 0.0660. The minimum Gasteiger partial charge on any atom is -0.481 e. The van der Waals surface area contributed by atoms with Crippen LogP contribution in [0.1, 0.15) is 19.4 Å². The third-order valence-electron chi connectivity index (χ3n) is 2.24. The zero-order chi connectivity index (χ0) is 13.2. The van der Waals surface area contributed by atoms with Gasteiger partial charge in [0.2, 0.25) is 0 Å². The van der Waals surface area contributed by atoms with Gasteiger partial charge in [-0.25, -0.2) is 8.42 Å².